The first-order chi connectivity index (χ1) is 25.8. The summed E-state index contributed by atoms with van der Waals surface area (Å²) in [5.41, 5.74) is 4.90. The van der Waals surface area contributed by atoms with Gasteiger partial charge in [0.2, 0.25) is 0 Å². The van der Waals surface area contributed by atoms with Gasteiger partial charge in [0.1, 0.15) is 11.2 Å². The summed E-state index contributed by atoms with van der Waals surface area (Å²) in [6.07, 6.45) is 12.0. The maximum absolute atomic E-state index is 12.1. The van der Waals surface area contributed by atoms with Crippen LogP contribution < -0.4 is 0 Å². The highest BCUT2D eigenvalue weighted by Gasteiger charge is 2.31. The molecule has 11 nitrogen and oxygen atoms in total. The van der Waals surface area contributed by atoms with Gasteiger partial charge in [-0.25, -0.2) is 19.6 Å². The number of ether oxygens (including phenoxy) is 4. The summed E-state index contributed by atoms with van der Waals surface area (Å²) in [4.78, 5) is 41.5. The second kappa shape index (κ2) is 19.7. The number of aryl methyl sites for hydroxylation is 4. The summed E-state index contributed by atoms with van der Waals surface area (Å²) < 4.78 is 22.6. The van der Waals surface area contributed by atoms with Gasteiger partial charge in [-0.1, -0.05) is 6.07 Å². The summed E-state index contributed by atoms with van der Waals surface area (Å²) in [6.45, 7) is 17.2. The van der Waals surface area contributed by atoms with Crippen molar-refractivity contribution in [1.82, 2.24) is 24.8 Å². The zero-order valence-corrected chi connectivity index (χ0v) is 33.6. The number of carbonyl (C=O) groups is 2. The van der Waals surface area contributed by atoms with Gasteiger partial charge in [0.05, 0.1) is 13.2 Å². The van der Waals surface area contributed by atoms with Crippen molar-refractivity contribution in [3.63, 3.8) is 0 Å². The van der Waals surface area contributed by atoms with Crippen molar-refractivity contribution in [1.29, 1.82) is 0 Å². The second-order valence-corrected chi connectivity index (χ2v) is 17.0. The molecule has 0 saturated carbocycles. The number of carbonyl (C=O) groups excluding carboxylic acids is 2. The Bertz CT molecular complexity index is 1660. The first kappa shape index (κ1) is 41.3. The van der Waals surface area contributed by atoms with Crippen LogP contribution in [0.1, 0.15) is 104 Å². The topological polar surface area (TPSA) is 116 Å². The fraction of sp³-hybridized carbons (Fsp3) is 0.651. The molecule has 11 heteroatoms. The minimum Gasteiger partial charge on any atom is -0.444 e. The largest absolute Gasteiger partial charge is 0.444 e. The summed E-state index contributed by atoms with van der Waals surface area (Å²) in [7, 11) is 0. The van der Waals surface area contributed by atoms with Gasteiger partial charge in [-0.2, -0.15) is 0 Å². The van der Waals surface area contributed by atoms with Gasteiger partial charge in [0, 0.05) is 81.3 Å². The maximum Gasteiger partial charge on any atom is 0.410 e. The van der Waals surface area contributed by atoms with Crippen LogP contribution in [-0.2, 0) is 44.6 Å². The number of aromatic nitrogens is 3. The van der Waals surface area contributed by atoms with E-state index >= 15 is 0 Å². The number of hydrogen-bond acceptors (Lipinski definition) is 9. The van der Waals surface area contributed by atoms with Crippen molar-refractivity contribution < 1.29 is 30.0 Å². The van der Waals surface area contributed by atoms with Gasteiger partial charge in [-0.15, -0.1) is 0 Å². The molecule has 3 aromatic rings. The smallest absolute Gasteiger partial charge is 0.410 e. The average Bonchev–Trinajstić information content (AvgIpc) is 3.81. The minimum atomic E-state index is -0.446. The van der Waals surface area contributed by atoms with Crippen molar-refractivity contribution >= 4 is 23.2 Å². The molecule has 0 N–H and O–H groups in total. The third-order valence-electron chi connectivity index (χ3n) is 9.78. The zero-order valence-electron chi connectivity index (χ0n) is 33.6. The lowest BCUT2D eigenvalue weighted by molar-refractivity contribution is 0.0263. The Kier molecular flexibility index (Phi) is 15.1. The normalized spacial score (nSPS) is 18.6. The van der Waals surface area contributed by atoms with Crippen molar-refractivity contribution in [2.45, 2.75) is 117 Å². The molecule has 6 rings (SSSR count). The number of fused-ring (bicyclic) bond motifs is 2. The van der Waals surface area contributed by atoms with Gasteiger partial charge in [0.15, 0.2) is 5.65 Å². The van der Waals surface area contributed by atoms with E-state index in [0.29, 0.717) is 31.6 Å². The zero-order chi connectivity index (χ0) is 38.6. The molecule has 0 unspecified atom stereocenters. The van der Waals surface area contributed by atoms with Crippen LogP contribution in [0.3, 0.4) is 0 Å². The number of pyridine rings is 3. The quantitative estimate of drug-likeness (QED) is 0.169. The van der Waals surface area contributed by atoms with E-state index in [1.165, 1.54) is 36.2 Å². The molecule has 1 aliphatic carbocycles. The monoisotopic (exact) mass is 747 g/mol. The third kappa shape index (κ3) is 13.8. The van der Waals surface area contributed by atoms with E-state index in [1.807, 2.05) is 53.7 Å². The molecule has 2 aliphatic heterocycles. The molecule has 2 fully saturated rings. The molecular formula is C43H65N5O6. The highest BCUT2D eigenvalue weighted by molar-refractivity contribution is 5.74. The predicted molar refractivity (Wildman–Crippen MR) is 213 cm³/mol. The van der Waals surface area contributed by atoms with Crippen LogP contribution >= 0.6 is 0 Å². The van der Waals surface area contributed by atoms with E-state index in [-0.39, 0.29) is 13.6 Å². The van der Waals surface area contributed by atoms with Gasteiger partial charge in [-0.05, 0) is 142 Å². The number of amides is 2. The van der Waals surface area contributed by atoms with Crippen LogP contribution in [0.4, 0.5) is 9.59 Å². The van der Waals surface area contributed by atoms with Crippen LogP contribution in [0.5, 0.6) is 0 Å². The molecule has 2 atom stereocenters. The fourth-order valence-electron chi connectivity index (χ4n) is 7.03. The molecule has 2 saturated heterocycles. The van der Waals surface area contributed by atoms with Gasteiger partial charge < -0.3 is 28.7 Å². The molecule has 298 valence electrons. The Morgan fingerprint density at radius 2 is 1.30 bits per heavy atom. The van der Waals surface area contributed by atoms with Gasteiger partial charge in [0.25, 0.3) is 0 Å². The van der Waals surface area contributed by atoms with E-state index in [4.69, 9.17) is 23.9 Å². The first-order valence-electron chi connectivity index (χ1n) is 20.1. The molecule has 0 radical (unpaired) electrons. The lowest BCUT2D eigenvalue weighted by atomic mass is 9.95. The predicted octanol–water partition coefficient (Wildman–Crippen LogP) is 8.25. The summed E-state index contributed by atoms with van der Waals surface area (Å²) in [6, 6.07) is 12.5. The molecule has 2 amide bonds. The van der Waals surface area contributed by atoms with E-state index in [1.54, 1.807) is 16.0 Å². The maximum atomic E-state index is 12.1. The lowest BCUT2D eigenvalue weighted by Gasteiger charge is -2.24. The first-order valence-corrected chi connectivity index (χ1v) is 20.1. The number of hydrogen-bond donors (Lipinski definition) is 0. The Morgan fingerprint density at radius 1 is 0.741 bits per heavy atom. The summed E-state index contributed by atoms with van der Waals surface area (Å²) >= 11 is 0. The van der Waals surface area contributed by atoms with E-state index in [0.717, 1.165) is 94.5 Å². The van der Waals surface area contributed by atoms with E-state index in [9.17, 15) is 9.59 Å². The van der Waals surface area contributed by atoms with Crippen molar-refractivity contribution in [3.05, 3.63) is 65.2 Å². The van der Waals surface area contributed by atoms with E-state index < -0.39 is 11.2 Å². The van der Waals surface area contributed by atoms with Crippen LogP contribution in [0.2, 0.25) is 0 Å². The minimum absolute atomic E-state index is 0. The van der Waals surface area contributed by atoms with Crippen molar-refractivity contribution in [2.24, 2.45) is 11.8 Å². The molecule has 3 aromatic heterocycles. The fourth-order valence-corrected chi connectivity index (χ4v) is 7.03. The molecule has 54 heavy (non-hydrogen) atoms. The lowest BCUT2D eigenvalue weighted by Crippen LogP contribution is -2.35. The number of nitrogens with zero attached hydrogens (tertiary/aromatic N) is 5. The van der Waals surface area contributed by atoms with Gasteiger partial charge >= 0.3 is 12.2 Å². The molecule has 5 heterocycles. The molecule has 3 aliphatic rings. The van der Waals surface area contributed by atoms with Crippen molar-refractivity contribution in [3.8, 4) is 0 Å². The van der Waals surface area contributed by atoms with Crippen LogP contribution in [0.25, 0.3) is 11.0 Å². The van der Waals surface area contributed by atoms with Gasteiger partial charge in [-0.3, -0.25) is 4.98 Å². The van der Waals surface area contributed by atoms with Crippen molar-refractivity contribution in [2.75, 3.05) is 52.6 Å². The van der Waals surface area contributed by atoms with Crippen LogP contribution in [0, 0.1) is 11.8 Å². The molecular weight excluding hydrogens is 683 g/mol. The number of rotatable bonds is 12. The molecule has 0 spiro atoms. The Labute approximate surface area is 324 Å². The summed E-state index contributed by atoms with van der Waals surface area (Å²) in [5.74, 6) is 0.805. The summed E-state index contributed by atoms with van der Waals surface area (Å²) in [5, 5.41) is 1.06. The Balaban J connectivity index is 0.000000240. The highest BCUT2D eigenvalue weighted by Crippen LogP contribution is 2.23. The average molecular weight is 748 g/mol. The third-order valence-corrected chi connectivity index (χ3v) is 9.78. The highest BCUT2D eigenvalue weighted by atomic mass is 16.6. The molecule has 0 aromatic carbocycles. The Morgan fingerprint density at radius 3 is 1.89 bits per heavy atom. The Hall–Kier alpha value is -3.83. The van der Waals surface area contributed by atoms with E-state index in [2.05, 4.69) is 34.2 Å². The number of likely N-dealkylation sites (tertiary alicyclic amines) is 2. The second-order valence-electron chi connectivity index (χ2n) is 17.0. The van der Waals surface area contributed by atoms with Crippen LogP contribution in [0.15, 0.2) is 42.6 Å². The standard InChI is InChI=1S/C22H34N2O3.C21H29N3O3.H2/c1-22(2,3)27-21(25)24-13-12-17(15-24)16-26-14-6-8-19-11-10-18-7-4-5-9-20(18)23-19;1-21(2,3)27-20(25)24-12-10-16(14-24)15-26-13-5-7-18-9-8-17-6-4-11-22-19(17)23-18;/h10-11,17H,4-9,12-16H2,1-3H3;4,6,8-9,11,16H,5,7,10,12-15H2,1-3H3;1H/t17-;16-;/m11./s1. The van der Waals surface area contributed by atoms with Crippen LogP contribution in [-0.4, -0.2) is 101 Å². The molecule has 0 bridgehead atoms. The SMILES string of the molecule is CC(C)(C)OC(=O)N1CC[C@@H](COCCCc2ccc3c(n2)CCCC3)C1.CC(C)(C)OC(=O)N1CC[C@@H](COCCCc2ccc3cccnc3n2)C1.[HH].